The normalized spacial score (nSPS) is 18.5. The van der Waals surface area contributed by atoms with Crippen LogP contribution in [0.3, 0.4) is 0 Å². The lowest BCUT2D eigenvalue weighted by atomic mass is 9.72. The Kier molecular flexibility index (Phi) is 5.23. The first-order valence-electron chi connectivity index (χ1n) is 9.43. The van der Waals surface area contributed by atoms with Gasteiger partial charge in [-0.25, -0.2) is 4.79 Å². The van der Waals surface area contributed by atoms with E-state index in [4.69, 9.17) is 16.3 Å². The van der Waals surface area contributed by atoms with Crippen LogP contribution in [0.2, 0.25) is 5.02 Å². The topological polar surface area (TPSA) is 53.6 Å². The van der Waals surface area contributed by atoms with Crippen molar-refractivity contribution in [3.63, 3.8) is 0 Å². The van der Waals surface area contributed by atoms with E-state index < -0.39 is 0 Å². The maximum absolute atomic E-state index is 12.8. The fourth-order valence-electron chi connectivity index (χ4n) is 3.83. The zero-order valence-electron chi connectivity index (χ0n) is 15.2. The lowest BCUT2D eigenvalue weighted by Crippen LogP contribution is -2.52. The molecule has 2 aromatic carbocycles. The van der Waals surface area contributed by atoms with Crippen molar-refractivity contribution in [2.75, 3.05) is 36.5 Å². The number of halogens is 1. The number of nitrogens with one attached hydrogen (secondary N) is 2. The molecule has 2 aliphatic rings. The molecule has 0 aromatic heterocycles. The van der Waals surface area contributed by atoms with E-state index in [2.05, 4.69) is 27.7 Å². The van der Waals surface area contributed by atoms with Crippen LogP contribution in [0.15, 0.2) is 48.5 Å². The van der Waals surface area contributed by atoms with Gasteiger partial charge in [-0.3, -0.25) is 0 Å². The van der Waals surface area contributed by atoms with Crippen molar-refractivity contribution in [2.24, 2.45) is 0 Å². The van der Waals surface area contributed by atoms with Crippen LogP contribution < -0.4 is 15.5 Å². The van der Waals surface area contributed by atoms with E-state index >= 15 is 0 Å². The van der Waals surface area contributed by atoms with Crippen molar-refractivity contribution >= 4 is 29.0 Å². The summed E-state index contributed by atoms with van der Waals surface area (Å²) in [5, 5.41) is 6.83. The highest BCUT2D eigenvalue weighted by atomic mass is 35.5. The standard InChI is InChI=1S/C21H24ClN3O2/c22-17-7-8-19(25-11-13-27-14-12-25)18(15-17)23-20(26)24-21(9-4-10-21)16-5-2-1-3-6-16/h1-3,5-8,15H,4,9-14H2,(H2,23,24,26). The number of benzene rings is 2. The molecule has 2 aromatic rings. The molecule has 4 rings (SSSR count). The fourth-order valence-corrected chi connectivity index (χ4v) is 4.00. The number of rotatable bonds is 4. The molecule has 6 heteroatoms. The van der Waals surface area contributed by atoms with Crippen LogP contribution in [-0.2, 0) is 10.3 Å². The molecule has 1 saturated carbocycles. The Balaban J connectivity index is 1.52. The van der Waals surface area contributed by atoms with Crippen LogP contribution in [0.4, 0.5) is 16.2 Å². The largest absolute Gasteiger partial charge is 0.378 e. The van der Waals surface area contributed by atoms with Gasteiger partial charge in [-0.15, -0.1) is 0 Å². The van der Waals surface area contributed by atoms with Crippen molar-refractivity contribution in [1.82, 2.24) is 5.32 Å². The number of carbonyl (C=O) groups excluding carboxylic acids is 1. The van der Waals surface area contributed by atoms with Gasteiger partial charge in [0.15, 0.2) is 0 Å². The molecule has 0 radical (unpaired) electrons. The van der Waals surface area contributed by atoms with Gasteiger partial charge in [-0.05, 0) is 43.0 Å². The van der Waals surface area contributed by atoms with Crippen molar-refractivity contribution < 1.29 is 9.53 Å². The number of amides is 2. The van der Waals surface area contributed by atoms with Gasteiger partial charge < -0.3 is 20.3 Å². The van der Waals surface area contributed by atoms with Crippen LogP contribution in [0.1, 0.15) is 24.8 Å². The number of carbonyl (C=O) groups is 1. The molecular formula is C21H24ClN3O2. The van der Waals surface area contributed by atoms with Gasteiger partial charge in [-0.1, -0.05) is 41.9 Å². The van der Waals surface area contributed by atoms with E-state index in [0.717, 1.165) is 49.3 Å². The van der Waals surface area contributed by atoms with E-state index in [1.54, 1.807) is 0 Å². The SMILES string of the molecule is O=C(Nc1cc(Cl)ccc1N1CCOCC1)NC1(c2ccccc2)CCC1. The minimum absolute atomic E-state index is 0.199. The third kappa shape index (κ3) is 3.89. The highest BCUT2D eigenvalue weighted by Gasteiger charge is 2.40. The summed E-state index contributed by atoms with van der Waals surface area (Å²) in [7, 11) is 0. The first kappa shape index (κ1) is 18.1. The molecule has 5 nitrogen and oxygen atoms in total. The fraction of sp³-hybridized carbons (Fsp3) is 0.381. The highest BCUT2D eigenvalue weighted by Crippen LogP contribution is 2.41. The molecule has 1 heterocycles. The Hall–Kier alpha value is -2.24. The molecule has 1 saturated heterocycles. The van der Waals surface area contributed by atoms with Gasteiger partial charge in [0.25, 0.3) is 0 Å². The molecule has 0 atom stereocenters. The highest BCUT2D eigenvalue weighted by molar-refractivity contribution is 6.31. The molecule has 27 heavy (non-hydrogen) atoms. The summed E-state index contributed by atoms with van der Waals surface area (Å²) in [4.78, 5) is 15.0. The van der Waals surface area contributed by atoms with Crippen molar-refractivity contribution in [3.05, 3.63) is 59.1 Å². The second-order valence-corrected chi connectivity index (χ2v) is 7.58. The molecule has 2 N–H and O–H groups in total. The molecule has 2 fully saturated rings. The van der Waals surface area contributed by atoms with Crippen molar-refractivity contribution in [1.29, 1.82) is 0 Å². The number of ether oxygens (including phenoxy) is 1. The molecule has 1 aliphatic heterocycles. The van der Waals surface area contributed by atoms with Gasteiger partial charge in [0.2, 0.25) is 0 Å². The van der Waals surface area contributed by atoms with Crippen LogP contribution in [0.25, 0.3) is 0 Å². The summed E-state index contributed by atoms with van der Waals surface area (Å²) in [5.74, 6) is 0. The van der Waals surface area contributed by atoms with Gasteiger partial charge in [-0.2, -0.15) is 0 Å². The first-order chi connectivity index (χ1) is 13.2. The zero-order valence-corrected chi connectivity index (χ0v) is 16.0. The second-order valence-electron chi connectivity index (χ2n) is 7.14. The Bertz CT molecular complexity index is 802. The predicted octanol–water partition coefficient (Wildman–Crippen LogP) is 4.38. The summed E-state index contributed by atoms with van der Waals surface area (Å²) in [5.41, 5.74) is 2.58. The average Bonchev–Trinajstić information content (AvgIpc) is 2.66. The first-order valence-corrected chi connectivity index (χ1v) is 9.81. The van der Waals surface area contributed by atoms with E-state index in [1.165, 1.54) is 0 Å². The maximum Gasteiger partial charge on any atom is 0.319 e. The second kappa shape index (κ2) is 7.79. The van der Waals surface area contributed by atoms with E-state index in [1.807, 2.05) is 36.4 Å². The van der Waals surface area contributed by atoms with Crippen molar-refractivity contribution in [3.8, 4) is 0 Å². The lowest BCUT2D eigenvalue weighted by Gasteiger charge is -2.43. The summed E-state index contributed by atoms with van der Waals surface area (Å²) < 4.78 is 5.44. The van der Waals surface area contributed by atoms with Crippen LogP contribution in [0.5, 0.6) is 0 Å². The third-order valence-corrected chi connectivity index (χ3v) is 5.68. The smallest absolute Gasteiger partial charge is 0.319 e. The van der Waals surface area contributed by atoms with Crippen LogP contribution in [0, 0.1) is 0 Å². The number of urea groups is 1. The molecule has 142 valence electrons. The number of anilines is 2. The molecular weight excluding hydrogens is 362 g/mol. The minimum atomic E-state index is -0.275. The number of nitrogens with zero attached hydrogens (tertiary/aromatic N) is 1. The summed E-state index contributed by atoms with van der Waals surface area (Å²) in [6.07, 6.45) is 3.03. The Morgan fingerprint density at radius 3 is 2.48 bits per heavy atom. The average molecular weight is 386 g/mol. The van der Waals surface area contributed by atoms with Gasteiger partial charge >= 0.3 is 6.03 Å². The summed E-state index contributed by atoms with van der Waals surface area (Å²) in [6, 6.07) is 15.6. The van der Waals surface area contributed by atoms with Crippen LogP contribution in [-0.4, -0.2) is 32.3 Å². The monoisotopic (exact) mass is 385 g/mol. The molecule has 0 bridgehead atoms. The third-order valence-electron chi connectivity index (χ3n) is 5.44. The summed E-state index contributed by atoms with van der Waals surface area (Å²) >= 11 is 6.19. The zero-order chi connectivity index (χ0) is 18.7. The Labute approximate surface area is 164 Å². The van der Waals surface area contributed by atoms with E-state index in [-0.39, 0.29) is 11.6 Å². The minimum Gasteiger partial charge on any atom is -0.378 e. The van der Waals surface area contributed by atoms with Gasteiger partial charge in [0, 0.05) is 18.1 Å². The quantitative estimate of drug-likeness (QED) is 0.821. The summed E-state index contributed by atoms with van der Waals surface area (Å²) in [6.45, 7) is 2.97. The Morgan fingerprint density at radius 1 is 1.07 bits per heavy atom. The maximum atomic E-state index is 12.8. The van der Waals surface area contributed by atoms with Gasteiger partial charge in [0.05, 0.1) is 30.1 Å². The van der Waals surface area contributed by atoms with Crippen LogP contribution >= 0.6 is 11.6 Å². The predicted molar refractivity (Wildman–Crippen MR) is 109 cm³/mol. The lowest BCUT2D eigenvalue weighted by molar-refractivity contribution is 0.123. The van der Waals surface area contributed by atoms with Crippen molar-refractivity contribution in [2.45, 2.75) is 24.8 Å². The molecule has 0 unspecified atom stereocenters. The Morgan fingerprint density at radius 2 is 1.81 bits per heavy atom. The molecule has 2 amide bonds. The number of hydrogen-bond acceptors (Lipinski definition) is 3. The molecule has 0 spiro atoms. The van der Waals surface area contributed by atoms with E-state index in [9.17, 15) is 4.79 Å². The molecule has 1 aliphatic carbocycles. The van der Waals surface area contributed by atoms with E-state index in [0.29, 0.717) is 18.2 Å². The number of hydrogen-bond donors (Lipinski definition) is 2. The van der Waals surface area contributed by atoms with Gasteiger partial charge in [0.1, 0.15) is 0 Å². The number of morpholine rings is 1.